The second-order valence-corrected chi connectivity index (χ2v) is 4.42. The van der Waals surface area contributed by atoms with E-state index in [1.807, 2.05) is 19.1 Å². The fourth-order valence-electron chi connectivity index (χ4n) is 1.52. The molecule has 0 aliphatic carbocycles. The molecule has 98 valence electrons. The number of rotatable bonds is 3. The molecule has 1 aliphatic rings. The van der Waals surface area contributed by atoms with Crippen LogP contribution in [0.5, 0.6) is 0 Å². The van der Waals surface area contributed by atoms with E-state index in [0.29, 0.717) is 18.2 Å². The van der Waals surface area contributed by atoms with Gasteiger partial charge in [-0.2, -0.15) is 0 Å². The van der Waals surface area contributed by atoms with Crippen LogP contribution in [-0.2, 0) is 14.3 Å². The number of anilines is 1. The molecule has 1 atom stereocenters. The maximum absolute atomic E-state index is 11.7. The Kier molecular flexibility index (Phi) is 4.41. The first-order valence-electron chi connectivity index (χ1n) is 5.68. The van der Waals surface area contributed by atoms with Gasteiger partial charge in [0.1, 0.15) is 0 Å². The van der Waals surface area contributed by atoms with Gasteiger partial charge in [0.15, 0.2) is 6.10 Å². The van der Waals surface area contributed by atoms with Crippen molar-refractivity contribution in [2.45, 2.75) is 13.0 Å². The van der Waals surface area contributed by atoms with E-state index in [-0.39, 0.29) is 12.5 Å². The second kappa shape index (κ2) is 6.04. The van der Waals surface area contributed by atoms with E-state index < -0.39 is 6.10 Å². The van der Waals surface area contributed by atoms with Crippen LogP contribution in [0.3, 0.4) is 0 Å². The first kappa shape index (κ1) is 13.1. The van der Waals surface area contributed by atoms with Crippen molar-refractivity contribution in [2.24, 2.45) is 0 Å². The summed E-state index contributed by atoms with van der Waals surface area (Å²) in [6.07, 6.45) is -0.563. The summed E-state index contributed by atoms with van der Waals surface area (Å²) in [4.78, 5) is 11.7. The minimum Gasteiger partial charge on any atom is -0.376 e. The summed E-state index contributed by atoms with van der Waals surface area (Å²) < 4.78 is 10.4. The molecule has 1 aromatic carbocycles. The van der Waals surface area contributed by atoms with E-state index >= 15 is 0 Å². The maximum atomic E-state index is 11.7. The number of halogens is 1. The van der Waals surface area contributed by atoms with E-state index in [1.54, 1.807) is 6.07 Å². The third kappa shape index (κ3) is 3.35. The van der Waals surface area contributed by atoms with E-state index in [1.165, 1.54) is 0 Å². The third-order valence-electron chi connectivity index (χ3n) is 2.61. The average molecular weight is 271 g/mol. The van der Waals surface area contributed by atoms with E-state index in [0.717, 1.165) is 11.3 Å². The predicted octanol–water partition coefficient (Wildman–Crippen LogP) is 1.51. The number of aryl methyl sites for hydroxylation is 1. The molecule has 1 fully saturated rings. The minimum atomic E-state index is -0.563. The van der Waals surface area contributed by atoms with Gasteiger partial charge in [-0.1, -0.05) is 17.7 Å². The molecular weight excluding hydrogens is 256 g/mol. The normalized spacial score (nSPS) is 19.3. The standard InChI is InChI=1S/C12H15ClN2O3/c1-8-2-3-9(6-10(8)13)14-15-12(16)11-7-17-4-5-18-11/h2-3,6,11,14H,4-5,7H2,1H3,(H,15,16)/t11-/m1/s1. The lowest BCUT2D eigenvalue weighted by Gasteiger charge is -2.22. The van der Waals surface area contributed by atoms with Crippen molar-refractivity contribution in [3.63, 3.8) is 0 Å². The van der Waals surface area contributed by atoms with Gasteiger partial charge in [-0.15, -0.1) is 0 Å². The fraction of sp³-hybridized carbons (Fsp3) is 0.417. The molecule has 2 rings (SSSR count). The van der Waals surface area contributed by atoms with Gasteiger partial charge in [0.25, 0.3) is 5.91 Å². The summed E-state index contributed by atoms with van der Waals surface area (Å²) in [5, 5.41) is 0.645. The van der Waals surface area contributed by atoms with Crippen LogP contribution < -0.4 is 10.9 Å². The van der Waals surface area contributed by atoms with Crippen molar-refractivity contribution >= 4 is 23.2 Å². The number of hydrazine groups is 1. The van der Waals surface area contributed by atoms with Gasteiger partial charge < -0.3 is 9.47 Å². The third-order valence-corrected chi connectivity index (χ3v) is 3.02. The Hall–Kier alpha value is -1.30. The molecule has 0 unspecified atom stereocenters. The van der Waals surface area contributed by atoms with E-state index in [9.17, 15) is 4.79 Å². The highest BCUT2D eigenvalue weighted by Crippen LogP contribution is 2.19. The smallest absolute Gasteiger partial charge is 0.269 e. The second-order valence-electron chi connectivity index (χ2n) is 4.01. The molecule has 0 bridgehead atoms. The Morgan fingerprint density at radius 1 is 1.44 bits per heavy atom. The fourth-order valence-corrected chi connectivity index (χ4v) is 1.70. The Morgan fingerprint density at radius 3 is 2.94 bits per heavy atom. The Labute approximate surface area is 110 Å². The van der Waals surface area contributed by atoms with Crippen LogP contribution in [0.1, 0.15) is 5.56 Å². The topological polar surface area (TPSA) is 59.6 Å². The summed E-state index contributed by atoms with van der Waals surface area (Å²) in [5.41, 5.74) is 7.06. The minimum absolute atomic E-state index is 0.258. The van der Waals surface area contributed by atoms with Crippen LogP contribution >= 0.6 is 11.6 Å². The van der Waals surface area contributed by atoms with Crippen molar-refractivity contribution < 1.29 is 14.3 Å². The van der Waals surface area contributed by atoms with Crippen molar-refractivity contribution in [3.8, 4) is 0 Å². The van der Waals surface area contributed by atoms with Crippen LogP contribution in [0.4, 0.5) is 5.69 Å². The number of amides is 1. The van der Waals surface area contributed by atoms with Crippen molar-refractivity contribution in [2.75, 3.05) is 25.2 Å². The molecule has 6 heteroatoms. The zero-order chi connectivity index (χ0) is 13.0. The van der Waals surface area contributed by atoms with Crippen molar-refractivity contribution in [3.05, 3.63) is 28.8 Å². The molecule has 0 saturated carbocycles. The maximum Gasteiger partial charge on any atom is 0.269 e. The summed E-state index contributed by atoms with van der Waals surface area (Å²) in [6.45, 7) is 3.17. The first-order chi connectivity index (χ1) is 8.66. The molecular formula is C12H15ClN2O3. The summed E-state index contributed by atoms with van der Waals surface area (Å²) >= 11 is 5.98. The lowest BCUT2D eigenvalue weighted by molar-refractivity contribution is -0.146. The quantitative estimate of drug-likeness (QED) is 0.818. The highest BCUT2D eigenvalue weighted by Gasteiger charge is 2.22. The molecule has 2 N–H and O–H groups in total. The summed E-state index contributed by atoms with van der Waals surface area (Å²) in [6, 6.07) is 5.45. The largest absolute Gasteiger partial charge is 0.376 e. The van der Waals surface area contributed by atoms with Crippen molar-refractivity contribution in [1.29, 1.82) is 0 Å². The van der Waals surface area contributed by atoms with Gasteiger partial charge in [0, 0.05) is 5.02 Å². The molecule has 1 aromatic rings. The van der Waals surface area contributed by atoms with E-state index in [2.05, 4.69) is 10.9 Å². The predicted molar refractivity (Wildman–Crippen MR) is 68.5 cm³/mol. The molecule has 0 radical (unpaired) electrons. The number of ether oxygens (including phenoxy) is 2. The number of benzene rings is 1. The number of hydrogen-bond acceptors (Lipinski definition) is 4. The molecule has 1 saturated heterocycles. The van der Waals surface area contributed by atoms with E-state index in [4.69, 9.17) is 21.1 Å². The van der Waals surface area contributed by atoms with Gasteiger partial charge in [-0.3, -0.25) is 15.6 Å². The van der Waals surface area contributed by atoms with Gasteiger partial charge in [0.2, 0.25) is 0 Å². The highest BCUT2D eigenvalue weighted by molar-refractivity contribution is 6.31. The molecule has 1 heterocycles. The summed E-state index contributed by atoms with van der Waals surface area (Å²) in [7, 11) is 0. The average Bonchev–Trinajstić information content (AvgIpc) is 2.41. The van der Waals surface area contributed by atoms with Crippen LogP contribution in [-0.4, -0.2) is 31.8 Å². The number of hydrogen-bond donors (Lipinski definition) is 2. The summed E-state index contributed by atoms with van der Waals surface area (Å²) in [5.74, 6) is -0.258. The number of nitrogens with one attached hydrogen (secondary N) is 2. The lowest BCUT2D eigenvalue weighted by Crippen LogP contribution is -2.44. The van der Waals surface area contributed by atoms with Crippen LogP contribution in [0, 0.1) is 6.92 Å². The number of carbonyl (C=O) groups excluding carboxylic acids is 1. The lowest BCUT2D eigenvalue weighted by atomic mass is 10.2. The zero-order valence-corrected chi connectivity index (χ0v) is 10.8. The van der Waals surface area contributed by atoms with Crippen LogP contribution in [0.2, 0.25) is 5.02 Å². The molecule has 1 aliphatic heterocycles. The highest BCUT2D eigenvalue weighted by atomic mass is 35.5. The van der Waals surface area contributed by atoms with Gasteiger partial charge >= 0.3 is 0 Å². The monoisotopic (exact) mass is 270 g/mol. The van der Waals surface area contributed by atoms with Gasteiger partial charge in [0.05, 0.1) is 25.5 Å². The van der Waals surface area contributed by atoms with Crippen LogP contribution in [0.25, 0.3) is 0 Å². The SMILES string of the molecule is Cc1ccc(NNC(=O)[C@H]2COCCO2)cc1Cl. The molecule has 18 heavy (non-hydrogen) atoms. The Bertz CT molecular complexity index is 433. The van der Waals surface area contributed by atoms with Crippen LogP contribution in [0.15, 0.2) is 18.2 Å². The Morgan fingerprint density at radius 2 is 2.28 bits per heavy atom. The molecule has 0 spiro atoms. The van der Waals surface area contributed by atoms with Gasteiger partial charge in [-0.25, -0.2) is 0 Å². The Balaban J connectivity index is 1.86. The van der Waals surface area contributed by atoms with Crippen molar-refractivity contribution in [1.82, 2.24) is 5.43 Å². The molecule has 0 aromatic heterocycles. The van der Waals surface area contributed by atoms with Gasteiger partial charge in [-0.05, 0) is 24.6 Å². The first-order valence-corrected chi connectivity index (χ1v) is 6.06. The zero-order valence-electron chi connectivity index (χ0n) is 10.0. The molecule has 1 amide bonds. The molecule has 5 nitrogen and oxygen atoms in total. The number of carbonyl (C=O) groups is 1.